The van der Waals surface area contributed by atoms with E-state index in [2.05, 4.69) is 4.98 Å². The van der Waals surface area contributed by atoms with Crippen LogP contribution in [0.1, 0.15) is 36.9 Å². The maximum Gasteiger partial charge on any atom is 0.433 e. The number of halogens is 3. The van der Waals surface area contributed by atoms with Gasteiger partial charge in [-0.15, -0.1) is 11.8 Å². The minimum atomic E-state index is -4.46. The molecule has 2 rings (SSSR count). The summed E-state index contributed by atoms with van der Waals surface area (Å²) in [5.41, 5.74) is -0.712. The molecule has 19 heavy (non-hydrogen) atoms. The summed E-state index contributed by atoms with van der Waals surface area (Å²) >= 11 is 1.27. The van der Waals surface area contributed by atoms with Crippen molar-refractivity contribution in [2.24, 2.45) is 5.92 Å². The van der Waals surface area contributed by atoms with Crippen molar-refractivity contribution in [1.82, 2.24) is 4.98 Å². The van der Waals surface area contributed by atoms with E-state index in [4.69, 9.17) is 5.26 Å². The SMILES string of the molecule is N#Cc1ccc(C(F)(F)F)nc1SCC1CCCC1. The lowest BCUT2D eigenvalue weighted by Crippen LogP contribution is -2.09. The number of nitriles is 1. The van der Waals surface area contributed by atoms with Gasteiger partial charge in [0.25, 0.3) is 0 Å². The monoisotopic (exact) mass is 286 g/mol. The molecule has 0 bridgehead atoms. The van der Waals surface area contributed by atoms with Gasteiger partial charge in [0, 0.05) is 5.75 Å². The summed E-state index contributed by atoms with van der Waals surface area (Å²) in [5.74, 6) is 1.27. The fourth-order valence-corrected chi connectivity index (χ4v) is 3.33. The van der Waals surface area contributed by atoms with Crippen LogP contribution in [0.4, 0.5) is 13.2 Å². The summed E-state index contributed by atoms with van der Waals surface area (Å²) in [5, 5.41) is 9.12. The molecule has 0 amide bonds. The summed E-state index contributed by atoms with van der Waals surface area (Å²) in [6.07, 6.45) is 0.150. The summed E-state index contributed by atoms with van der Waals surface area (Å²) in [6, 6.07) is 3.96. The first-order valence-corrected chi connectivity index (χ1v) is 7.10. The largest absolute Gasteiger partial charge is 0.433 e. The molecular formula is C13H13F3N2S. The second kappa shape index (κ2) is 5.83. The third-order valence-electron chi connectivity index (χ3n) is 3.20. The predicted molar refractivity (Wildman–Crippen MR) is 66.6 cm³/mol. The maximum absolute atomic E-state index is 12.6. The van der Waals surface area contributed by atoms with Gasteiger partial charge in [-0.25, -0.2) is 4.98 Å². The van der Waals surface area contributed by atoms with Gasteiger partial charge in [-0.05, 0) is 30.9 Å². The molecule has 1 heterocycles. The molecule has 2 nitrogen and oxygen atoms in total. The van der Waals surface area contributed by atoms with Gasteiger partial charge < -0.3 is 0 Å². The Kier molecular flexibility index (Phi) is 4.35. The van der Waals surface area contributed by atoms with E-state index in [-0.39, 0.29) is 10.6 Å². The van der Waals surface area contributed by atoms with Crippen molar-refractivity contribution in [3.8, 4) is 6.07 Å². The molecule has 102 valence electrons. The molecule has 0 spiro atoms. The Morgan fingerprint density at radius 3 is 2.58 bits per heavy atom. The highest BCUT2D eigenvalue weighted by Gasteiger charge is 2.33. The number of hydrogen-bond acceptors (Lipinski definition) is 3. The van der Waals surface area contributed by atoms with Crippen LogP contribution in [0.25, 0.3) is 0 Å². The number of thioether (sulfide) groups is 1. The highest BCUT2D eigenvalue weighted by atomic mass is 32.2. The van der Waals surface area contributed by atoms with E-state index in [9.17, 15) is 13.2 Å². The average molecular weight is 286 g/mol. The molecule has 0 saturated heterocycles. The highest BCUT2D eigenvalue weighted by molar-refractivity contribution is 7.99. The Morgan fingerprint density at radius 1 is 1.32 bits per heavy atom. The zero-order valence-corrected chi connectivity index (χ0v) is 11.0. The predicted octanol–water partition coefficient (Wildman–Crippen LogP) is 4.25. The molecular weight excluding hydrogens is 273 g/mol. The Labute approximate surface area is 114 Å². The van der Waals surface area contributed by atoms with Crippen LogP contribution in [0.15, 0.2) is 17.2 Å². The van der Waals surface area contributed by atoms with Crippen LogP contribution in [-0.2, 0) is 6.18 Å². The van der Waals surface area contributed by atoms with Crippen molar-refractivity contribution in [2.75, 3.05) is 5.75 Å². The van der Waals surface area contributed by atoms with Crippen molar-refractivity contribution < 1.29 is 13.2 Å². The normalized spacial score (nSPS) is 16.5. The number of rotatable bonds is 3. The van der Waals surface area contributed by atoms with Crippen molar-refractivity contribution in [2.45, 2.75) is 36.9 Å². The van der Waals surface area contributed by atoms with E-state index in [1.807, 2.05) is 6.07 Å². The van der Waals surface area contributed by atoms with Gasteiger partial charge in [-0.1, -0.05) is 12.8 Å². The molecule has 0 unspecified atom stereocenters. The van der Waals surface area contributed by atoms with Crippen LogP contribution in [-0.4, -0.2) is 10.7 Å². The molecule has 6 heteroatoms. The van der Waals surface area contributed by atoms with Crippen LogP contribution in [0.5, 0.6) is 0 Å². The van der Waals surface area contributed by atoms with Crippen molar-refractivity contribution in [3.05, 3.63) is 23.4 Å². The molecule has 1 saturated carbocycles. The smallest absolute Gasteiger partial charge is 0.236 e. The maximum atomic E-state index is 12.6. The van der Waals surface area contributed by atoms with Crippen molar-refractivity contribution in [1.29, 1.82) is 5.26 Å². The van der Waals surface area contributed by atoms with Crippen molar-refractivity contribution in [3.63, 3.8) is 0 Å². The van der Waals surface area contributed by atoms with Crippen molar-refractivity contribution >= 4 is 11.8 Å². The van der Waals surface area contributed by atoms with Crippen LogP contribution in [0.3, 0.4) is 0 Å². The zero-order chi connectivity index (χ0) is 13.9. The second-order valence-corrected chi connectivity index (χ2v) is 5.63. The number of hydrogen-bond donors (Lipinski definition) is 0. The zero-order valence-electron chi connectivity index (χ0n) is 10.2. The highest BCUT2D eigenvalue weighted by Crippen LogP contribution is 2.34. The molecule has 0 aliphatic heterocycles. The molecule has 0 atom stereocenters. The third-order valence-corrected chi connectivity index (χ3v) is 4.42. The van der Waals surface area contributed by atoms with Gasteiger partial charge in [0.05, 0.1) is 5.56 Å². The lowest BCUT2D eigenvalue weighted by Gasteiger charge is -2.11. The van der Waals surface area contributed by atoms with E-state index in [1.165, 1.54) is 30.7 Å². The first-order valence-electron chi connectivity index (χ1n) is 6.12. The molecule has 0 radical (unpaired) electrons. The van der Waals surface area contributed by atoms with Crippen LogP contribution in [0.2, 0.25) is 0 Å². The van der Waals surface area contributed by atoms with Gasteiger partial charge in [-0.3, -0.25) is 0 Å². The summed E-state index contributed by atoms with van der Waals surface area (Å²) in [4.78, 5) is 3.59. The van der Waals surface area contributed by atoms with E-state index in [1.54, 1.807) is 0 Å². The number of nitrogens with zero attached hydrogens (tertiary/aromatic N) is 2. The summed E-state index contributed by atoms with van der Waals surface area (Å²) in [6.45, 7) is 0. The van der Waals surface area contributed by atoms with E-state index < -0.39 is 11.9 Å². The molecule has 1 aliphatic rings. The lowest BCUT2D eigenvalue weighted by molar-refractivity contribution is -0.141. The molecule has 0 aromatic carbocycles. The molecule has 1 fully saturated rings. The van der Waals surface area contributed by atoms with Gasteiger partial charge in [0.15, 0.2) is 0 Å². The summed E-state index contributed by atoms with van der Waals surface area (Å²) in [7, 11) is 0. The van der Waals surface area contributed by atoms with Gasteiger partial charge in [-0.2, -0.15) is 18.4 Å². The first-order chi connectivity index (χ1) is 9.00. The molecule has 1 aromatic heterocycles. The first kappa shape index (κ1) is 14.2. The van der Waals surface area contributed by atoms with Gasteiger partial charge in [0.2, 0.25) is 0 Å². The van der Waals surface area contributed by atoms with Crippen LogP contribution >= 0.6 is 11.8 Å². The topological polar surface area (TPSA) is 36.7 Å². The van der Waals surface area contributed by atoms with E-state index in [0.29, 0.717) is 5.92 Å². The minimum Gasteiger partial charge on any atom is -0.236 e. The average Bonchev–Trinajstić information content (AvgIpc) is 2.88. The van der Waals surface area contributed by atoms with Crippen LogP contribution in [0, 0.1) is 17.2 Å². The minimum absolute atomic E-state index is 0.198. The van der Waals surface area contributed by atoms with Crippen LogP contribution < -0.4 is 0 Å². The molecule has 1 aromatic rings. The van der Waals surface area contributed by atoms with Gasteiger partial charge >= 0.3 is 6.18 Å². The van der Waals surface area contributed by atoms with Gasteiger partial charge in [0.1, 0.15) is 16.8 Å². The standard InChI is InChI=1S/C13H13F3N2S/c14-13(15,16)11-6-5-10(7-17)12(18-11)19-8-9-3-1-2-4-9/h5-6,9H,1-4,8H2. The quantitative estimate of drug-likeness (QED) is 0.779. The number of pyridine rings is 1. The Bertz CT molecular complexity index is 488. The number of alkyl halides is 3. The van der Waals surface area contributed by atoms with E-state index >= 15 is 0 Å². The molecule has 1 aliphatic carbocycles. The lowest BCUT2D eigenvalue weighted by atomic mass is 10.1. The Hall–Kier alpha value is -1.22. The second-order valence-electron chi connectivity index (χ2n) is 4.62. The Morgan fingerprint density at radius 2 is 2.00 bits per heavy atom. The summed E-state index contributed by atoms with van der Waals surface area (Å²) < 4.78 is 37.8. The Balaban J connectivity index is 2.14. The fourth-order valence-electron chi connectivity index (χ4n) is 2.17. The third kappa shape index (κ3) is 3.63. The number of aromatic nitrogens is 1. The fraction of sp³-hybridized carbons (Fsp3) is 0.538. The van der Waals surface area contributed by atoms with E-state index in [0.717, 1.165) is 24.7 Å². The molecule has 0 N–H and O–H groups in total.